The molecule has 314 valence electrons. The number of carboxylic acid groups (broad SMARTS) is 2. The van der Waals surface area contributed by atoms with Gasteiger partial charge in [-0.05, 0) is 37.4 Å². The number of alkyl halides is 2. The molecule has 1 aromatic carbocycles. The fourth-order valence-corrected chi connectivity index (χ4v) is 7.42. The van der Waals surface area contributed by atoms with Crippen molar-refractivity contribution < 1.29 is 69.3 Å². The van der Waals surface area contributed by atoms with Gasteiger partial charge in [-0.25, -0.2) is 40.5 Å². The Morgan fingerprint density at radius 1 is 1.05 bits per heavy atom. The van der Waals surface area contributed by atoms with E-state index >= 15 is 0 Å². The van der Waals surface area contributed by atoms with E-state index in [-0.39, 0.29) is 49.6 Å². The number of aliphatic carboxylic acids is 1. The molecule has 3 heterocycles. The number of hydrogen-bond acceptors (Lipinski definition) is 16. The summed E-state index contributed by atoms with van der Waals surface area (Å²) in [5, 5.41) is 26.0. The van der Waals surface area contributed by atoms with E-state index in [2.05, 4.69) is 35.4 Å². The molecule has 24 nitrogen and oxygen atoms in total. The molecule has 0 atom stereocenters. The van der Waals surface area contributed by atoms with Gasteiger partial charge in [-0.1, -0.05) is 23.2 Å². The minimum absolute atomic E-state index is 0.0257. The summed E-state index contributed by atoms with van der Waals surface area (Å²) >= 11 is 12.6. The summed E-state index contributed by atoms with van der Waals surface area (Å²) in [6, 6.07) is 2.17. The van der Waals surface area contributed by atoms with Gasteiger partial charge in [0.1, 0.15) is 21.4 Å². The molecular formula is C25H29Cl2F2N10O14PS3. The highest BCUT2D eigenvalue weighted by Crippen LogP contribution is 2.32. The van der Waals surface area contributed by atoms with Crippen LogP contribution in [0.15, 0.2) is 33.3 Å². The topological polar surface area (TPSA) is 353 Å². The molecule has 0 unspecified atom stereocenters. The summed E-state index contributed by atoms with van der Waals surface area (Å²) < 4.78 is 92.0. The smallest absolute Gasteiger partial charge is 0.355 e. The molecule has 57 heavy (non-hydrogen) atoms. The third-order valence-electron chi connectivity index (χ3n) is 5.80. The molecule has 3 aromatic heterocycles. The van der Waals surface area contributed by atoms with Crippen molar-refractivity contribution in [1.29, 1.82) is 0 Å². The van der Waals surface area contributed by atoms with E-state index in [1.807, 2.05) is 0 Å². The second-order valence-electron chi connectivity index (χ2n) is 10.4. The van der Waals surface area contributed by atoms with Crippen LogP contribution in [-0.4, -0.2) is 110 Å². The van der Waals surface area contributed by atoms with Gasteiger partial charge in [-0.15, -0.1) is 16.4 Å². The zero-order chi connectivity index (χ0) is 43.6. The Bertz CT molecular complexity index is 2460. The van der Waals surface area contributed by atoms with Crippen molar-refractivity contribution in [3.05, 3.63) is 60.6 Å². The Balaban J connectivity index is 0.000000320. The van der Waals surface area contributed by atoms with Crippen LogP contribution in [0.5, 0.6) is 6.01 Å². The quantitative estimate of drug-likeness (QED) is 0.0884. The van der Waals surface area contributed by atoms with E-state index in [1.54, 1.807) is 4.72 Å². The van der Waals surface area contributed by atoms with Gasteiger partial charge in [0.05, 0.1) is 47.6 Å². The van der Waals surface area contributed by atoms with Crippen LogP contribution >= 0.6 is 42.1 Å². The summed E-state index contributed by atoms with van der Waals surface area (Å²) in [7, 11) is -10.8. The zero-order valence-corrected chi connectivity index (χ0v) is 33.9. The number of rotatable bonds is 13. The number of ether oxygens (including phenoxy) is 1. The fraction of sp³-hybridized carbons (Fsp3) is 0.280. The first-order valence-electron chi connectivity index (χ1n) is 14.5. The number of aryl methyl sites for hydroxylation is 2. The van der Waals surface area contributed by atoms with E-state index in [1.165, 1.54) is 32.4 Å². The first-order chi connectivity index (χ1) is 26.1. The monoisotopic (exact) mass is 928 g/mol. The third-order valence-corrected chi connectivity index (χ3v) is 10.1. The van der Waals surface area contributed by atoms with Gasteiger partial charge in [0.15, 0.2) is 0 Å². The molecule has 8 N–H and O–H groups in total. The number of amides is 2. The normalized spacial score (nSPS) is 11.4. The first-order valence-corrected chi connectivity index (χ1v) is 21.3. The molecule has 0 bridgehead atoms. The molecule has 0 fully saturated rings. The van der Waals surface area contributed by atoms with Crippen LogP contribution in [0.1, 0.15) is 27.9 Å². The van der Waals surface area contributed by atoms with Gasteiger partial charge in [-0.2, -0.15) is 28.4 Å². The predicted octanol–water partition coefficient (Wildman–Crippen LogP) is 1.67. The second kappa shape index (κ2) is 20.0. The average Bonchev–Trinajstić information content (AvgIpc) is 3.66. The molecule has 0 saturated carbocycles. The van der Waals surface area contributed by atoms with Crippen LogP contribution in [0.25, 0.3) is 5.69 Å². The van der Waals surface area contributed by atoms with E-state index in [0.29, 0.717) is 4.68 Å². The minimum atomic E-state index is -4.37. The molecule has 0 aliphatic carbocycles. The van der Waals surface area contributed by atoms with Gasteiger partial charge >= 0.3 is 43.8 Å². The number of nitrogens with one attached hydrogen (secondary N) is 4. The number of carbonyl (C=O) groups excluding carboxylic acids is 1. The number of carbonyl (C=O) groups is 3. The van der Waals surface area contributed by atoms with E-state index in [4.69, 9.17) is 47.9 Å². The van der Waals surface area contributed by atoms with Gasteiger partial charge in [0.2, 0.25) is 16.0 Å². The number of nitrogens with zero attached hydrogens (tertiary/aromatic N) is 6. The van der Waals surface area contributed by atoms with E-state index < -0.39 is 80.5 Å². The summed E-state index contributed by atoms with van der Waals surface area (Å²) in [6.45, 7) is -0.764. The van der Waals surface area contributed by atoms with E-state index in [0.717, 1.165) is 29.7 Å². The number of aromatic nitrogens is 6. The maximum absolute atomic E-state index is 12.8. The zero-order valence-electron chi connectivity index (χ0n) is 29.0. The molecule has 0 aliphatic heterocycles. The lowest BCUT2D eigenvalue weighted by Gasteiger charge is -2.10. The average molecular weight is 930 g/mol. The highest BCUT2D eigenvalue weighted by molar-refractivity contribution is 7.92. The molecule has 4 aromatic rings. The number of anilines is 2. The highest BCUT2D eigenvalue weighted by Gasteiger charge is 2.26. The minimum Gasteiger partial charge on any atom is -0.480 e. The van der Waals surface area contributed by atoms with Gasteiger partial charge < -0.3 is 24.7 Å². The molecule has 0 saturated heterocycles. The number of carboxylic acids is 2. The summed E-state index contributed by atoms with van der Waals surface area (Å²) in [5.74, 6) is -2.77. The van der Waals surface area contributed by atoms with Crippen LogP contribution in [-0.2, 0) is 29.4 Å². The molecule has 0 aliphatic rings. The lowest BCUT2D eigenvalue weighted by atomic mass is 10.3. The summed E-state index contributed by atoms with van der Waals surface area (Å²) in [4.78, 5) is 71.4. The Kier molecular flexibility index (Phi) is 16.9. The number of aromatic carboxylic acids is 1. The SMILES string of the molecule is COc1nc(C)nc(NC(=O)NS(=O)(=O)c2ccsc2C(=O)O)n1.Cc1nn(-c2cc(NS(C)(=O)=O)c(Cl)cc2Cl)c(=O)n1C(F)F.O=C(O)CNCP(=O)(O)O. The van der Waals surface area contributed by atoms with Crippen LogP contribution in [0.2, 0.25) is 10.0 Å². The summed E-state index contributed by atoms with van der Waals surface area (Å²) in [6.07, 6.45) is 0.304. The molecule has 2 amide bonds. The summed E-state index contributed by atoms with van der Waals surface area (Å²) in [5.41, 5.74) is -1.27. The van der Waals surface area contributed by atoms with Gasteiger partial charge in [0.25, 0.3) is 10.0 Å². The van der Waals surface area contributed by atoms with E-state index in [9.17, 15) is 49.4 Å². The lowest BCUT2D eigenvalue weighted by molar-refractivity contribution is -0.135. The van der Waals surface area contributed by atoms with Crippen molar-refractivity contribution in [2.75, 3.05) is 36.2 Å². The van der Waals surface area contributed by atoms with Crippen molar-refractivity contribution in [2.24, 2.45) is 0 Å². The van der Waals surface area contributed by atoms with Crippen LogP contribution in [0.3, 0.4) is 0 Å². The number of benzene rings is 1. The molecular weight excluding hydrogens is 900 g/mol. The number of halogens is 4. The molecule has 0 spiro atoms. The van der Waals surface area contributed by atoms with Crippen LogP contribution < -0.4 is 30.5 Å². The highest BCUT2D eigenvalue weighted by atomic mass is 35.5. The van der Waals surface area contributed by atoms with Crippen LogP contribution in [0, 0.1) is 13.8 Å². The third kappa shape index (κ3) is 15.2. The Labute approximate surface area is 333 Å². The maximum Gasteiger partial charge on any atom is 0.355 e. The number of methoxy groups -OCH3 is 1. The van der Waals surface area contributed by atoms with Crippen molar-refractivity contribution >= 4 is 91.8 Å². The predicted molar refractivity (Wildman–Crippen MR) is 197 cm³/mol. The number of thiophene rings is 1. The fourth-order valence-electron chi connectivity index (χ4n) is 3.72. The Morgan fingerprint density at radius 3 is 2.19 bits per heavy atom. The number of hydrogen-bond donors (Lipinski definition) is 8. The maximum atomic E-state index is 12.8. The molecule has 32 heteroatoms. The van der Waals surface area contributed by atoms with Gasteiger partial charge in [0, 0.05) is 0 Å². The van der Waals surface area contributed by atoms with Crippen molar-refractivity contribution in [3.63, 3.8) is 0 Å². The molecule has 0 radical (unpaired) electrons. The number of urea groups is 1. The van der Waals surface area contributed by atoms with Gasteiger partial charge in [-0.3, -0.25) is 24.7 Å². The first kappa shape index (κ1) is 48.3. The second-order valence-corrected chi connectivity index (χ2v) is 17.1. The standard InChI is InChI=1S/C11H10Cl2F2N4O3S.C11H11N5O6S2.C3H8NO5P/c1-5-16-19(11(20)18(5)10(14)15)9-4-8(17-23(2,21)22)6(12)3-7(9)13;1-5-12-9(15-11(13-5)22-2)14-10(19)16-24(20,21)6-3-4-23-7(6)8(17)18;5-3(6)1-4-2-10(7,8)9/h3-4,10,17H,1-2H3;3-4H,1-2H3,(H,17,18)(H2,12,13,14,15,16,19);4H,1-2H2,(H,5,6)(H2,7,8,9). The molecule has 4 rings (SSSR count). The Morgan fingerprint density at radius 2 is 1.68 bits per heavy atom. The lowest BCUT2D eigenvalue weighted by Crippen LogP contribution is -2.35. The Hall–Kier alpha value is -4.87. The number of sulfonamides is 2. The van der Waals surface area contributed by atoms with Crippen LogP contribution in [0.4, 0.5) is 25.2 Å². The largest absolute Gasteiger partial charge is 0.480 e. The van der Waals surface area contributed by atoms with Crippen molar-refractivity contribution in [1.82, 2.24) is 39.3 Å². The van der Waals surface area contributed by atoms with Crippen molar-refractivity contribution in [2.45, 2.75) is 25.3 Å². The van der Waals surface area contributed by atoms with Crippen molar-refractivity contribution in [3.8, 4) is 11.7 Å².